The number of aromatic nitrogens is 2. The number of carbonyl (C=O) groups is 2. The Bertz CT molecular complexity index is 1180. The molecule has 0 unspecified atom stereocenters. The molecule has 172 valence electrons. The Morgan fingerprint density at radius 1 is 0.970 bits per heavy atom. The summed E-state index contributed by atoms with van der Waals surface area (Å²) in [6.07, 6.45) is 1.92. The molecule has 1 aliphatic heterocycles. The van der Waals surface area contributed by atoms with Gasteiger partial charge in [-0.1, -0.05) is 30.3 Å². The van der Waals surface area contributed by atoms with E-state index in [9.17, 15) is 14.4 Å². The van der Waals surface area contributed by atoms with Crippen molar-refractivity contribution in [1.82, 2.24) is 19.8 Å². The highest BCUT2D eigenvalue weighted by molar-refractivity contribution is 5.81. The van der Waals surface area contributed by atoms with E-state index in [1.165, 1.54) is 16.6 Å². The molecule has 0 radical (unpaired) electrons. The van der Waals surface area contributed by atoms with E-state index in [2.05, 4.69) is 27.3 Å². The number of nitrogens with one attached hydrogen (secondary N) is 1. The van der Waals surface area contributed by atoms with Crippen molar-refractivity contribution >= 4 is 28.4 Å². The third-order valence-corrected chi connectivity index (χ3v) is 6.05. The predicted octanol–water partition coefficient (Wildman–Crippen LogP) is 1.95. The number of hydrogen-bond donors (Lipinski definition) is 1. The maximum absolute atomic E-state index is 12.6. The fourth-order valence-corrected chi connectivity index (χ4v) is 4.13. The summed E-state index contributed by atoms with van der Waals surface area (Å²) in [6, 6.07) is 15.7. The molecule has 2 amide bonds. The molecule has 2 aromatic carbocycles. The van der Waals surface area contributed by atoms with Crippen LogP contribution >= 0.6 is 0 Å². The number of carbonyl (C=O) groups excluding carboxylic acids is 2. The molecule has 1 fully saturated rings. The number of hydrogen-bond acceptors (Lipinski definition) is 5. The molecular formula is C25H29N5O3. The first-order valence-electron chi connectivity index (χ1n) is 11.3. The van der Waals surface area contributed by atoms with Gasteiger partial charge in [0, 0.05) is 57.8 Å². The van der Waals surface area contributed by atoms with E-state index in [4.69, 9.17) is 0 Å². The number of rotatable bonds is 7. The number of piperazine rings is 1. The molecule has 4 rings (SSSR count). The highest BCUT2D eigenvalue weighted by Gasteiger charge is 2.21. The van der Waals surface area contributed by atoms with Gasteiger partial charge < -0.3 is 15.1 Å². The van der Waals surface area contributed by atoms with Gasteiger partial charge >= 0.3 is 0 Å². The van der Waals surface area contributed by atoms with E-state index < -0.39 is 0 Å². The molecule has 0 spiro atoms. The van der Waals surface area contributed by atoms with Crippen molar-refractivity contribution in [3.63, 3.8) is 0 Å². The van der Waals surface area contributed by atoms with Gasteiger partial charge in [-0.3, -0.25) is 19.0 Å². The van der Waals surface area contributed by atoms with Gasteiger partial charge in [-0.2, -0.15) is 0 Å². The van der Waals surface area contributed by atoms with Crippen molar-refractivity contribution in [3.8, 4) is 0 Å². The minimum absolute atomic E-state index is 0.0494. The summed E-state index contributed by atoms with van der Waals surface area (Å²) < 4.78 is 1.46. The number of fused-ring (bicyclic) bond motifs is 1. The maximum atomic E-state index is 12.6. The van der Waals surface area contributed by atoms with Gasteiger partial charge in [-0.05, 0) is 30.7 Å². The Labute approximate surface area is 192 Å². The molecular weight excluding hydrogens is 418 g/mol. The van der Waals surface area contributed by atoms with E-state index in [1.807, 2.05) is 42.2 Å². The number of nitrogens with zero attached hydrogens (tertiary/aromatic N) is 4. The topological polar surface area (TPSA) is 87.5 Å². The van der Waals surface area contributed by atoms with Gasteiger partial charge in [0.25, 0.3) is 5.56 Å². The summed E-state index contributed by atoms with van der Waals surface area (Å²) >= 11 is 0. The summed E-state index contributed by atoms with van der Waals surface area (Å²) in [6.45, 7) is 5.42. The second-order valence-electron chi connectivity index (χ2n) is 8.27. The van der Waals surface area contributed by atoms with Crippen LogP contribution in [0.4, 0.5) is 5.69 Å². The Morgan fingerprint density at radius 3 is 2.48 bits per heavy atom. The minimum atomic E-state index is -0.187. The molecule has 0 aliphatic carbocycles. The van der Waals surface area contributed by atoms with Crippen molar-refractivity contribution in [3.05, 3.63) is 70.8 Å². The molecule has 2 heterocycles. The average molecular weight is 448 g/mol. The molecule has 0 bridgehead atoms. The van der Waals surface area contributed by atoms with Gasteiger partial charge in [-0.15, -0.1) is 0 Å². The lowest BCUT2D eigenvalue weighted by molar-refractivity contribution is -0.131. The van der Waals surface area contributed by atoms with Gasteiger partial charge in [0.1, 0.15) is 0 Å². The molecule has 0 saturated carbocycles. The molecule has 8 heteroatoms. The monoisotopic (exact) mass is 447 g/mol. The van der Waals surface area contributed by atoms with Crippen molar-refractivity contribution in [1.29, 1.82) is 0 Å². The maximum Gasteiger partial charge on any atom is 0.261 e. The van der Waals surface area contributed by atoms with Crippen LogP contribution in [0.25, 0.3) is 10.9 Å². The highest BCUT2D eigenvalue weighted by Crippen LogP contribution is 2.16. The Balaban J connectivity index is 1.19. The smallest absolute Gasteiger partial charge is 0.261 e. The first-order chi connectivity index (χ1) is 16.0. The van der Waals surface area contributed by atoms with Gasteiger partial charge in [0.15, 0.2) is 0 Å². The van der Waals surface area contributed by atoms with E-state index >= 15 is 0 Å². The van der Waals surface area contributed by atoms with E-state index in [0.717, 1.165) is 18.7 Å². The fraction of sp³-hybridized carbons (Fsp3) is 0.360. The molecule has 1 aromatic heterocycles. The minimum Gasteiger partial charge on any atom is -0.368 e. The lowest BCUT2D eigenvalue weighted by atomic mass is 10.1. The summed E-state index contributed by atoms with van der Waals surface area (Å²) in [4.78, 5) is 45.8. The summed E-state index contributed by atoms with van der Waals surface area (Å²) in [7, 11) is 0. The molecule has 1 aliphatic rings. The first-order valence-corrected chi connectivity index (χ1v) is 11.3. The summed E-state index contributed by atoms with van der Waals surface area (Å²) in [5.41, 5.74) is 2.65. The molecule has 1 N–H and O–H groups in total. The van der Waals surface area contributed by atoms with Gasteiger partial charge in [0.2, 0.25) is 11.8 Å². The zero-order chi connectivity index (χ0) is 23.2. The molecule has 0 atom stereocenters. The zero-order valence-electron chi connectivity index (χ0n) is 18.9. The number of anilines is 1. The van der Waals surface area contributed by atoms with E-state index in [0.29, 0.717) is 30.5 Å². The van der Waals surface area contributed by atoms with Crippen molar-refractivity contribution in [2.45, 2.75) is 26.3 Å². The largest absolute Gasteiger partial charge is 0.368 e. The summed E-state index contributed by atoms with van der Waals surface area (Å²) in [5, 5.41) is 3.34. The average Bonchev–Trinajstić information content (AvgIpc) is 2.85. The van der Waals surface area contributed by atoms with Gasteiger partial charge in [0.05, 0.1) is 17.2 Å². The van der Waals surface area contributed by atoms with Crippen LogP contribution < -0.4 is 15.8 Å². The van der Waals surface area contributed by atoms with Crippen LogP contribution in [0.1, 0.15) is 18.4 Å². The quantitative estimate of drug-likeness (QED) is 0.598. The fourth-order valence-electron chi connectivity index (χ4n) is 4.13. The Morgan fingerprint density at radius 2 is 1.73 bits per heavy atom. The van der Waals surface area contributed by atoms with Crippen LogP contribution in [-0.2, 0) is 16.1 Å². The van der Waals surface area contributed by atoms with Crippen molar-refractivity contribution in [2.24, 2.45) is 0 Å². The number of aryl methyl sites for hydroxylation is 2. The second-order valence-corrected chi connectivity index (χ2v) is 8.27. The lowest BCUT2D eigenvalue weighted by Crippen LogP contribution is -2.49. The SMILES string of the molecule is Cc1cccc2c(=O)n(CCC(=O)NCCC(=O)N3CCN(c4ccccc4)CC3)cnc12. The van der Waals surface area contributed by atoms with Crippen molar-refractivity contribution < 1.29 is 9.59 Å². The van der Waals surface area contributed by atoms with Crippen LogP contribution in [0.2, 0.25) is 0 Å². The molecule has 8 nitrogen and oxygen atoms in total. The normalized spacial score (nSPS) is 13.8. The first kappa shape index (κ1) is 22.5. The third-order valence-electron chi connectivity index (χ3n) is 6.05. The lowest BCUT2D eigenvalue weighted by Gasteiger charge is -2.36. The number of benzene rings is 2. The van der Waals surface area contributed by atoms with Crippen molar-refractivity contribution in [2.75, 3.05) is 37.6 Å². The Kier molecular flexibility index (Phi) is 7.02. The van der Waals surface area contributed by atoms with Crippen LogP contribution in [0.15, 0.2) is 59.7 Å². The molecule has 33 heavy (non-hydrogen) atoms. The second kappa shape index (κ2) is 10.3. The van der Waals surface area contributed by atoms with Crippen LogP contribution in [0.5, 0.6) is 0 Å². The third kappa shape index (κ3) is 5.39. The van der Waals surface area contributed by atoms with Crippen LogP contribution in [0, 0.1) is 6.92 Å². The molecule has 3 aromatic rings. The number of amides is 2. The number of para-hydroxylation sites is 2. The van der Waals surface area contributed by atoms with E-state index in [-0.39, 0.29) is 36.8 Å². The highest BCUT2D eigenvalue weighted by atomic mass is 16.2. The Hall–Kier alpha value is -3.68. The predicted molar refractivity (Wildman–Crippen MR) is 128 cm³/mol. The van der Waals surface area contributed by atoms with E-state index in [1.54, 1.807) is 6.07 Å². The van der Waals surface area contributed by atoms with Gasteiger partial charge in [-0.25, -0.2) is 4.98 Å². The zero-order valence-corrected chi connectivity index (χ0v) is 18.9. The standard InChI is InChI=1S/C25H29N5O3/c1-19-6-5-9-21-24(19)27-18-30(25(21)33)13-11-22(31)26-12-10-23(32)29-16-14-28(15-17-29)20-7-3-2-4-8-20/h2-9,18H,10-17H2,1H3,(H,26,31). The van der Waals surface area contributed by atoms with Crippen LogP contribution in [-0.4, -0.2) is 59.0 Å². The summed E-state index contributed by atoms with van der Waals surface area (Å²) in [5.74, 6) is -0.138. The molecule has 1 saturated heterocycles. The van der Waals surface area contributed by atoms with Crippen LogP contribution in [0.3, 0.4) is 0 Å².